The van der Waals surface area contributed by atoms with E-state index in [4.69, 9.17) is 0 Å². The lowest BCUT2D eigenvalue weighted by atomic mass is 10.1. The first kappa shape index (κ1) is 11.9. The fourth-order valence-electron chi connectivity index (χ4n) is 2.41. The SMILES string of the molecule is O[N+]1(Cc2ccccc2)C=CC=Cc2ccccc21. The molecule has 94 valence electrons. The van der Waals surface area contributed by atoms with Crippen molar-refractivity contribution in [2.24, 2.45) is 0 Å². The Balaban J connectivity index is 2.04. The second kappa shape index (κ2) is 4.84. The first-order chi connectivity index (χ1) is 9.28. The Morgan fingerprint density at radius 1 is 0.842 bits per heavy atom. The van der Waals surface area contributed by atoms with E-state index in [9.17, 15) is 5.21 Å². The van der Waals surface area contributed by atoms with Crippen LogP contribution in [0.15, 0.2) is 72.9 Å². The van der Waals surface area contributed by atoms with Gasteiger partial charge < -0.3 is 0 Å². The summed E-state index contributed by atoms with van der Waals surface area (Å²) in [5.41, 5.74) is 3.05. The summed E-state index contributed by atoms with van der Waals surface area (Å²) < 4.78 is -0.201. The van der Waals surface area contributed by atoms with Gasteiger partial charge in [0, 0.05) is 17.2 Å². The molecule has 2 aromatic rings. The zero-order chi connectivity index (χ0) is 13.1. The molecule has 0 fully saturated rings. The lowest BCUT2D eigenvalue weighted by Crippen LogP contribution is -2.39. The maximum atomic E-state index is 11.0. The Morgan fingerprint density at radius 2 is 1.58 bits per heavy atom. The maximum absolute atomic E-state index is 11.0. The van der Waals surface area contributed by atoms with Crippen molar-refractivity contribution in [2.75, 3.05) is 0 Å². The lowest BCUT2D eigenvalue weighted by Gasteiger charge is -2.26. The molecule has 3 rings (SSSR count). The van der Waals surface area contributed by atoms with Gasteiger partial charge in [-0.25, -0.2) is 5.21 Å². The highest BCUT2D eigenvalue weighted by Crippen LogP contribution is 2.31. The van der Waals surface area contributed by atoms with E-state index in [1.54, 1.807) is 0 Å². The van der Waals surface area contributed by atoms with Crippen molar-refractivity contribution >= 4 is 11.8 Å². The third-order valence-corrected chi connectivity index (χ3v) is 3.34. The third-order valence-electron chi connectivity index (χ3n) is 3.34. The molecule has 0 saturated carbocycles. The second-order valence-corrected chi connectivity index (χ2v) is 4.73. The van der Waals surface area contributed by atoms with E-state index in [1.807, 2.05) is 79.0 Å². The molecule has 0 saturated heterocycles. The zero-order valence-corrected chi connectivity index (χ0v) is 10.6. The van der Waals surface area contributed by atoms with Crippen LogP contribution in [0.4, 0.5) is 5.69 Å². The summed E-state index contributed by atoms with van der Waals surface area (Å²) in [5.74, 6) is 0. The zero-order valence-electron chi connectivity index (χ0n) is 10.6. The normalized spacial score (nSPS) is 20.9. The Labute approximate surface area is 113 Å². The van der Waals surface area contributed by atoms with E-state index in [0.29, 0.717) is 6.54 Å². The summed E-state index contributed by atoms with van der Waals surface area (Å²) in [4.78, 5) is 0. The van der Waals surface area contributed by atoms with Crippen molar-refractivity contribution < 1.29 is 5.21 Å². The minimum Gasteiger partial charge on any atom is -0.206 e. The molecule has 1 unspecified atom stereocenters. The molecular formula is C17H16NO+. The van der Waals surface area contributed by atoms with Crippen molar-refractivity contribution in [3.05, 3.63) is 84.1 Å². The van der Waals surface area contributed by atoms with E-state index >= 15 is 0 Å². The number of allylic oxidation sites excluding steroid dienone is 2. The number of hydrogen-bond donors (Lipinski definition) is 1. The fraction of sp³-hybridized carbons (Fsp3) is 0.0588. The standard InChI is InChI=1S/C17H16NO/c19-18(14-15-8-2-1-3-9-15)13-7-6-11-16-10-4-5-12-17(16)18/h1-13,19H,14H2/q+1. The quantitative estimate of drug-likeness (QED) is 0.795. The van der Waals surface area contributed by atoms with Crippen LogP contribution < -0.4 is 4.65 Å². The van der Waals surface area contributed by atoms with E-state index in [-0.39, 0.29) is 4.65 Å². The molecule has 1 aliphatic heterocycles. The predicted octanol–water partition coefficient (Wildman–Crippen LogP) is 4.12. The number of fused-ring (bicyclic) bond motifs is 1. The van der Waals surface area contributed by atoms with Crippen molar-refractivity contribution in [2.45, 2.75) is 6.54 Å². The smallest absolute Gasteiger partial charge is 0.177 e. The van der Waals surface area contributed by atoms with E-state index in [2.05, 4.69) is 0 Å². The summed E-state index contributed by atoms with van der Waals surface area (Å²) in [6.45, 7) is 0.524. The van der Waals surface area contributed by atoms with Gasteiger partial charge in [-0.05, 0) is 18.2 Å². The number of hydrogen-bond acceptors (Lipinski definition) is 1. The molecule has 2 aromatic carbocycles. The lowest BCUT2D eigenvalue weighted by molar-refractivity contribution is -0.0397. The van der Waals surface area contributed by atoms with E-state index in [1.165, 1.54) is 0 Å². The molecule has 2 nitrogen and oxygen atoms in total. The molecule has 0 aliphatic carbocycles. The number of nitrogens with zero attached hydrogens (tertiary/aromatic N) is 1. The highest BCUT2D eigenvalue weighted by molar-refractivity contribution is 5.68. The first-order valence-electron chi connectivity index (χ1n) is 6.38. The van der Waals surface area contributed by atoms with Crippen LogP contribution in [-0.4, -0.2) is 5.21 Å². The summed E-state index contributed by atoms with van der Waals surface area (Å²) in [6, 6.07) is 18.0. The Hall–Kier alpha value is -2.16. The minimum absolute atomic E-state index is 0.201. The van der Waals surface area contributed by atoms with E-state index < -0.39 is 0 Å². The average Bonchev–Trinajstić information content (AvgIpc) is 2.60. The Bertz CT molecular complexity index is 631. The molecule has 0 amide bonds. The molecule has 0 spiro atoms. The van der Waals surface area contributed by atoms with Gasteiger partial charge in [-0.1, -0.05) is 48.5 Å². The third kappa shape index (κ3) is 2.36. The molecule has 1 heterocycles. The van der Waals surface area contributed by atoms with Crippen LogP contribution in [0, 0.1) is 0 Å². The Kier molecular flexibility index (Phi) is 3.03. The highest BCUT2D eigenvalue weighted by Gasteiger charge is 2.29. The van der Waals surface area contributed by atoms with Gasteiger partial charge in [-0.2, -0.15) is 0 Å². The van der Waals surface area contributed by atoms with Gasteiger partial charge >= 0.3 is 0 Å². The van der Waals surface area contributed by atoms with Crippen molar-refractivity contribution in [3.63, 3.8) is 0 Å². The van der Waals surface area contributed by atoms with Gasteiger partial charge in [0.05, 0.1) is 0 Å². The average molecular weight is 250 g/mol. The van der Waals surface area contributed by atoms with Gasteiger partial charge in [0.25, 0.3) is 0 Å². The van der Waals surface area contributed by atoms with Crippen LogP contribution in [0.25, 0.3) is 6.08 Å². The summed E-state index contributed by atoms with van der Waals surface area (Å²) in [7, 11) is 0. The number of quaternary nitrogens is 1. The van der Waals surface area contributed by atoms with Crippen LogP contribution in [0.2, 0.25) is 0 Å². The van der Waals surface area contributed by atoms with Gasteiger partial charge in [-0.15, -0.1) is 4.65 Å². The Morgan fingerprint density at radius 3 is 2.42 bits per heavy atom. The molecule has 1 atom stereocenters. The monoisotopic (exact) mass is 250 g/mol. The van der Waals surface area contributed by atoms with Gasteiger partial charge in [0.15, 0.2) is 5.69 Å². The minimum atomic E-state index is -0.201. The number of rotatable bonds is 2. The van der Waals surface area contributed by atoms with Gasteiger partial charge in [0.1, 0.15) is 12.7 Å². The number of benzene rings is 2. The van der Waals surface area contributed by atoms with Crippen LogP contribution in [0.5, 0.6) is 0 Å². The maximum Gasteiger partial charge on any atom is 0.177 e. The fourth-order valence-corrected chi connectivity index (χ4v) is 2.41. The van der Waals surface area contributed by atoms with Crippen LogP contribution in [0.1, 0.15) is 11.1 Å². The topological polar surface area (TPSA) is 20.2 Å². The van der Waals surface area contributed by atoms with Crippen LogP contribution >= 0.6 is 0 Å². The molecule has 19 heavy (non-hydrogen) atoms. The molecule has 0 aromatic heterocycles. The van der Waals surface area contributed by atoms with Crippen molar-refractivity contribution in [3.8, 4) is 0 Å². The molecular weight excluding hydrogens is 234 g/mol. The first-order valence-corrected chi connectivity index (χ1v) is 6.38. The largest absolute Gasteiger partial charge is 0.206 e. The van der Waals surface area contributed by atoms with Crippen LogP contribution in [-0.2, 0) is 6.54 Å². The highest BCUT2D eigenvalue weighted by atomic mass is 16.5. The number of para-hydroxylation sites is 1. The van der Waals surface area contributed by atoms with Gasteiger partial charge in [0.2, 0.25) is 0 Å². The van der Waals surface area contributed by atoms with Crippen molar-refractivity contribution in [1.82, 2.24) is 4.65 Å². The molecule has 0 radical (unpaired) electrons. The predicted molar refractivity (Wildman–Crippen MR) is 78.3 cm³/mol. The molecule has 1 N–H and O–H groups in total. The van der Waals surface area contributed by atoms with E-state index in [0.717, 1.165) is 16.8 Å². The number of hydroxylamine groups is 2. The molecule has 2 heteroatoms. The van der Waals surface area contributed by atoms with Crippen molar-refractivity contribution in [1.29, 1.82) is 0 Å². The molecule has 1 aliphatic rings. The second-order valence-electron chi connectivity index (χ2n) is 4.73. The summed E-state index contributed by atoms with van der Waals surface area (Å²) in [5, 5.41) is 11.0. The molecule has 0 bridgehead atoms. The van der Waals surface area contributed by atoms with Crippen LogP contribution in [0.3, 0.4) is 0 Å². The summed E-state index contributed by atoms with van der Waals surface area (Å²) in [6.07, 6.45) is 7.69. The summed E-state index contributed by atoms with van der Waals surface area (Å²) >= 11 is 0. The van der Waals surface area contributed by atoms with Gasteiger partial charge in [-0.3, -0.25) is 0 Å².